The molecule has 170 valence electrons. The molecule has 0 spiro atoms. The molecule has 0 bridgehead atoms. The first-order valence-electron chi connectivity index (χ1n) is 11.4. The molecule has 1 unspecified atom stereocenters. The van der Waals surface area contributed by atoms with Crippen molar-refractivity contribution in [1.29, 1.82) is 0 Å². The van der Waals surface area contributed by atoms with Crippen molar-refractivity contribution in [1.82, 2.24) is 10.2 Å². The van der Waals surface area contributed by atoms with Crippen molar-refractivity contribution in [3.63, 3.8) is 0 Å². The van der Waals surface area contributed by atoms with E-state index < -0.39 is 0 Å². The van der Waals surface area contributed by atoms with E-state index in [-0.39, 0.29) is 30.7 Å². The van der Waals surface area contributed by atoms with Gasteiger partial charge in [0.25, 0.3) is 0 Å². The summed E-state index contributed by atoms with van der Waals surface area (Å²) in [6.07, 6.45) is 1.20. The number of methoxy groups -OCH3 is 1. The van der Waals surface area contributed by atoms with Crippen molar-refractivity contribution >= 4 is 11.8 Å². The average Bonchev–Trinajstić information content (AvgIpc) is 2.86. The molecule has 5 nitrogen and oxygen atoms in total. The molecule has 0 fully saturated rings. The average molecular weight is 443 g/mol. The minimum Gasteiger partial charge on any atom is -0.497 e. The second-order valence-electron chi connectivity index (χ2n) is 8.42. The van der Waals surface area contributed by atoms with E-state index in [1.165, 1.54) is 16.7 Å². The second-order valence-corrected chi connectivity index (χ2v) is 8.42. The predicted octanol–water partition coefficient (Wildman–Crippen LogP) is 4.57. The zero-order valence-corrected chi connectivity index (χ0v) is 19.2. The van der Waals surface area contributed by atoms with Gasteiger partial charge >= 0.3 is 0 Å². The minimum absolute atomic E-state index is 0.00982. The number of rotatable bonds is 7. The molecule has 2 amide bonds. The molecule has 3 aromatic rings. The first-order chi connectivity index (χ1) is 16.1. The second kappa shape index (κ2) is 10.3. The molecule has 33 heavy (non-hydrogen) atoms. The highest BCUT2D eigenvalue weighted by molar-refractivity contribution is 5.84. The highest BCUT2D eigenvalue weighted by Crippen LogP contribution is 2.36. The van der Waals surface area contributed by atoms with Gasteiger partial charge in [-0.15, -0.1) is 0 Å². The highest BCUT2D eigenvalue weighted by atomic mass is 16.5. The van der Waals surface area contributed by atoms with E-state index in [4.69, 9.17) is 4.74 Å². The van der Waals surface area contributed by atoms with Gasteiger partial charge in [-0.2, -0.15) is 0 Å². The standard InChI is InChI=1S/C28H30N2O3/c1-20-7-6-10-25-24(20)17-18-30(28(25)22-8-4-3-5-9-22)27(32)16-15-26(31)29-19-21-11-13-23(33-2)14-12-21/h3-14,28H,15-19H2,1-2H3,(H,29,31). The summed E-state index contributed by atoms with van der Waals surface area (Å²) in [5.41, 5.74) is 5.86. The molecule has 5 heteroatoms. The number of benzene rings is 3. The number of fused-ring (bicyclic) bond motifs is 1. The number of hydrogen-bond donors (Lipinski definition) is 1. The Hall–Kier alpha value is -3.60. The molecule has 1 aliphatic heterocycles. The van der Waals surface area contributed by atoms with Crippen LogP contribution in [0.2, 0.25) is 0 Å². The molecule has 1 atom stereocenters. The SMILES string of the molecule is COc1ccc(CNC(=O)CCC(=O)N2CCc3c(C)cccc3C2c2ccccc2)cc1. The summed E-state index contributed by atoms with van der Waals surface area (Å²) in [6.45, 7) is 3.22. The molecular formula is C28H30N2O3. The van der Waals surface area contributed by atoms with Crippen molar-refractivity contribution in [2.24, 2.45) is 0 Å². The molecular weight excluding hydrogens is 412 g/mol. The molecule has 0 aliphatic carbocycles. The summed E-state index contributed by atoms with van der Waals surface area (Å²) < 4.78 is 5.16. The van der Waals surface area contributed by atoms with Crippen LogP contribution in [0.5, 0.6) is 5.75 Å². The van der Waals surface area contributed by atoms with Gasteiger partial charge in [0, 0.05) is 25.9 Å². The van der Waals surface area contributed by atoms with E-state index in [0.717, 1.165) is 23.3 Å². The van der Waals surface area contributed by atoms with Crippen LogP contribution in [0.25, 0.3) is 0 Å². The summed E-state index contributed by atoms with van der Waals surface area (Å²) in [7, 11) is 1.62. The molecule has 0 aromatic heterocycles. The maximum Gasteiger partial charge on any atom is 0.223 e. The topological polar surface area (TPSA) is 58.6 Å². The predicted molar refractivity (Wildman–Crippen MR) is 129 cm³/mol. The van der Waals surface area contributed by atoms with Crippen LogP contribution in [-0.2, 0) is 22.6 Å². The van der Waals surface area contributed by atoms with Crippen LogP contribution in [0.1, 0.15) is 46.7 Å². The summed E-state index contributed by atoms with van der Waals surface area (Å²) >= 11 is 0. The third-order valence-corrected chi connectivity index (χ3v) is 6.31. The molecule has 0 saturated heterocycles. The van der Waals surface area contributed by atoms with Crippen LogP contribution >= 0.6 is 0 Å². The van der Waals surface area contributed by atoms with Gasteiger partial charge in [-0.25, -0.2) is 0 Å². The van der Waals surface area contributed by atoms with Crippen molar-refractivity contribution in [2.75, 3.05) is 13.7 Å². The number of hydrogen-bond acceptors (Lipinski definition) is 3. The largest absolute Gasteiger partial charge is 0.497 e. The fourth-order valence-electron chi connectivity index (χ4n) is 4.51. The van der Waals surface area contributed by atoms with Crippen LogP contribution in [0, 0.1) is 6.92 Å². The van der Waals surface area contributed by atoms with Crippen LogP contribution in [0.3, 0.4) is 0 Å². The number of amides is 2. The maximum absolute atomic E-state index is 13.3. The van der Waals surface area contributed by atoms with E-state index in [0.29, 0.717) is 13.1 Å². The lowest BCUT2D eigenvalue weighted by atomic mass is 9.85. The van der Waals surface area contributed by atoms with E-state index in [1.54, 1.807) is 7.11 Å². The van der Waals surface area contributed by atoms with Gasteiger partial charge in [0.1, 0.15) is 5.75 Å². The first kappa shape index (κ1) is 22.6. The van der Waals surface area contributed by atoms with Gasteiger partial charge in [-0.3, -0.25) is 9.59 Å². The Morgan fingerprint density at radius 3 is 2.45 bits per heavy atom. The Bertz CT molecular complexity index is 1110. The number of carbonyl (C=O) groups excluding carboxylic acids is 2. The smallest absolute Gasteiger partial charge is 0.223 e. The van der Waals surface area contributed by atoms with Crippen LogP contribution in [0.15, 0.2) is 72.8 Å². The van der Waals surface area contributed by atoms with Gasteiger partial charge in [0.2, 0.25) is 11.8 Å². The Labute approximate surface area is 195 Å². The number of nitrogens with one attached hydrogen (secondary N) is 1. The van der Waals surface area contributed by atoms with Crippen molar-refractivity contribution in [2.45, 2.75) is 38.8 Å². The molecule has 0 radical (unpaired) electrons. The summed E-state index contributed by atoms with van der Waals surface area (Å²) in [5, 5.41) is 2.91. The van der Waals surface area contributed by atoms with Crippen molar-refractivity contribution in [3.05, 3.63) is 101 Å². The minimum atomic E-state index is -0.122. The van der Waals surface area contributed by atoms with Crippen molar-refractivity contribution < 1.29 is 14.3 Å². The van der Waals surface area contributed by atoms with Gasteiger partial charge in [0.05, 0.1) is 13.2 Å². The van der Waals surface area contributed by atoms with Gasteiger partial charge < -0.3 is 15.0 Å². The fraction of sp³-hybridized carbons (Fsp3) is 0.286. The monoisotopic (exact) mass is 442 g/mol. The lowest BCUT2D eigenvalue weighted by Crippen LogP contribution is -2.41. The molecule has 4 rings (SSSR count). The van der Waals surface area contributed by atoms with E-state index in [9.17, 15) is 9.59 Å². The summed E-state index contributed by atoms with van der Waals surface area (Å²) in [5.74, 6) is 0.668. The summed E-state index contributed by atoms with van der Waals surface area (Å²) in [6, 6.07) is 23.9. The van der Waals surface area contributed by atoms with Gasteiger partial charge in [0.15, 0.2) is 0 Å². The first-order valence-corrected chi connectivity index (χ1v) is 11.4. The summed E-state index contributed by atoms with van der Waals surface area (Å²) in [4.78, 5) is 27.6. The third-order valence-electron chi connectivity index (χ3n) is 6.31. The normalized spacial score (nSPS) is 15.0. The number of carbonyl (C=O) groups is 2. The zero-order valence-electron chi connectivity index (χ0n) is 19.2. The Balaban J connectivity index is 1.41. The third kappa shape index (κ3) is 5.25. The lowest BCUT2D eigenvalue weighted by Gasteiger charge is -2.38. The fourth-order valence-corrected chi connectivity index (χ4v) is 4.51. The van der Waals surface area contributed by atoms with Crippen molar-refractivity contribution in [3.8, 4) is 5.75 Å². The van der Waals surface area contributed by atoms with E-state index >= 15 is 0 Å². The highest BCUT2D eigenvalue weighted by Gasteiger charge is 2.32. The number of nitrogens with zero attached hydrogens (tertiary/aromatic N) is 1. The van der Waals surface area contributed by atoms with Gasteiger partial charge in [-0.1, -0.05) is 60.7 Å². The Morgan fingerprint density at radius 2 is 1.73 bits per heavy atom. The van der Waals surface area contributed by atoms with E-state index in [2.05, 4.69) is 42.6 Å². The number of aryl methyl sites for hydroxylation is 1. The maximum atomic E-state index is 13.3. The van der Waals surface area contributed by atoms with Crippen LogP contribution < -0.4 is 10.1 Å². The molecule has 0 saturated carbocycles. The molecule has 1 N–H and O–H groups in total. The van der Waals surface area contributed by atoms with Crippen LogP contribution in [0.4, 0.5) is 0 Å². The quantitative estimate of drug-likeness (QED) is 0.583. The molecule has 3 aromatic carbocycles. The van der Waals surface area contributed by atoms with E-state index in [1.807, 2.05) is 47.4 Å². The van der Waals surface area contributed by atoms with Crippen LogP contribution in [-0.4, -0.2) is 30.4 Å². The van der Waals surface area contributed by atoms with Gasteiger partial charge in [-0.05, 0) is 53.3 Å². The Kier molecular flexibility index (Phi) is 7.08. The lowest BCUT2D eigenvalue weighted by molar-refractivity contribution is -0.135. The number of ether oxygens (including phenoxy) is 1. The zero-order chi connectivity index (χ0) is 23.2. The molecule has 1 aliphatic rings. The Morgan fingerprint density at radius 1 is 0.970 bits per heavy atom. The molecule has 1 heterocycles.